The van der Waals surface area contributed by atoms with Crippen molar-refractivity contribution in [2.24, 2.45) is 11.1 Å². The monoisotopic (exact) mass is 252 g/mol. The lowest BCUT2D eigenvalue weighted by atomic mass is 9.75. The Hall–Kier alpha value is -0.0800. The van der Waals surface area contributed by atoms with Gasteiger partial charge in [-0.3, -0.25) is 0 Å². The zero-order valence-corrected chi connectivity index (χ0v) is 12.3. The van der Waals surface area contributed by atoms with E-state index in [2.05, 4.69) is 12.2 Å². The Kier molecular flexibility index (Phi) is 5.08. The molecule has 0 amide bonds. The second-order valence-corrected chi connectivity index (χ2v) is 7.22. The molecule has 2 aliphatic rings. The highest BCUT2D eigenvalue weighted by atomic mass is 14.9. The van der Waals surface area contributed by atoms with Crippen LogP contribution in [0.4, 0.5) is 0 Å². The Morgan fingerprint density at radius 3 is 2.06 bits per heavy atom. The van der Waals surface area contributed by atoms with E-state index in [0.29, 0.717) is 5.41 Å². The summed E-state index contributed by atoms with van der Waals surface area (Å²) in [5, 5.41) is 3.69. The van der Waals surface area contributed by atoms with E-state index in [4.69, 9.17) is 5.73 Å². The summed E-state index contributed by atoms with van der Waals surface area (Å²) in [4.78, 5) is 0. The van der Waals surface area contributed by atoms with E-state index in [9.17, 15) is 0 Å². The lowest BCUT2D eigenvalue weighted by Gasteiger charge is -2.36. The Labute approximate surface area is 113 Å². The SMILES string of the molecule is CC1(CNCCC2(N)CCCCC2)CCCCC1. The van der Waals surface area contributed by atoms with Gasteiger partial charge in [0.1, 0.15) is 0 Å². The third kappa shape index (κ3) is 4.24. The minimum atomic E-state index is 0.152. The molecule has 106 valence electrons. The molecule has 0 unspecified atom stereocenters. The van der Waals surface area contributed by atoms with Crippen LogP contribution in [0.5, 0.6) is 0 Å². The van der Waals surface area contributed by atoms with Crippen LogP contribution in [-0.2, 0) is 0 Å². The minimum absolute atomic E-state index is 0.152. The Bertz CT molecular complexity index is 211. The molecule has 2 nitrogen and oxygen atoms in total. The van der Waals surface area contributed by atoms with Crippen LogP contribution in [0.15, 0.2) is 0 Å². The second-order valence-electron chi connectivity index (χ2n) is 7.22. The van der Waals surface area contributed by atoms with Crippen LogP contribution < -0.4 is 11.1 Å². The number of nitrogens with two attached hydrogens (primary N) is 1. The van der Waals surface area contributed by atoms with Crippen molar-refractivity contribution in [3.63, 3.8) is 0 Å². The first-order valence-electron chi connectivity index (χ1n) is 8.12. The highest BCUT2D eigenvalue weighted by Crippen LogP contribution is 2.35. The van der Waals surface area contributed by atoms with Gasteiger partial charge in [-0.1, -0.05) is 45.4 Å². The number of rotatable bonds is 5. The average Bonchev–Trinajstić information content (AvgIpc) is 2.37. The molecule has 2 heteroatoms. The fourth-order valence-corrected chi connectivity index (χ4v) is 3.82. The molecule has 18 heavy (non-hydrogen) atoms. The summed E-state index contributed by atoms with van der Waals surface area (Å²) in [6.07, 6.45) is 14.9. The normalized spacial score (nSPS) is 27.0. The minimum Gasteiger partial charge on any atom is -0.325 e. The molecular formula is C16H32N2. The molecule has 3 N–H and O–H groups in total. The summed E-state index contributed by atoms with van der Waals surface area (Å²) in [6.45, 7) is 4.77. The summed E-state index contributed by atoms with van der Waals surface area (Å²) in [6, 6.07) is 0. The largest absolute Gasteiger partial charge is 0.325 e. The van der Waals surface area contributed by atoms with Crippen molar-refractivity contribution in [1.82, 2.24) is 5.32 Å². The molecule has 2 fully saturated rings. The van der Waals surface area contributed by atoms with Crippen LogP contribution >= 0.6 is 0 Å². The molecular weight excluding hydrogens is 220 g/mol. The maximum Gasteiger partial charge on any atom is 0.0166 e. The summed E-state index contributed by atoms with van der Waals surface area (Å²) < 4.78 is 0. The average molecular weight is 252 g/mol. The van der Waals surface area contributed by atoms with Crippen LogP contribution in [0.1, 0.15) is 77.6 Å². The third-order valence-corrected chi connectivity index (χ3v) is 5.26. The summed E-state index contributed by atoms with van der Waals surface area (Å²) >= 11 is 0. The summed E-state index contributed by atoms with van der Waals surface area (Å²) in [5.41, 5.74) is 7.18. The molecule has 0 aromatic heterocycles. The quantitative estimate of drug-likeness (QED) is 0.734. The summed E-state index contributed by atoms with van der Waals surface area (Å²) in [5.74, 6) is 0. The van der Waals surface area contributed by atoms with Crippen molar-refractivity contribution in [2.75, 3.05) is 13.1 Å². The lowest BCUT2D eigenvalue weighted by Crippen LogP contribution is -2.45. The van der Waals surface area contributed by atoms with Gasteiger partial charge in [-0.25, -0.2) is 0 Å². The first kappa shape index (κ1) is 14.3. The van der Waals surface area contributed by atoms with Crippen LogP contribution in [0.25, 0.3) is 0 Å². The molecule has 0 aromatic rings. The standard InChI is InChI=1S/C16H32N2/c1-15(8-4-2-5-9-15)14-18-13-12-16(17)10-6-3-7-11-16/h18H,2-14,17H2,1H3. The zero-order valence-electron chi connectivity index (χ0n) is 12.3. The van der Waals surface area contributed by atoms with Gasteiger partial charge in [0.2, 0.25) is 0 Å². The van der Waals surface area contributed by atoms with E-state index in [-0.39, 0.29) is 5.54 Å². The van der Waals surface area contributed by atoms with Gasteiger partial charge in [-0.2, -0.15) is 0 Å². The van der Waals surface area contributed by atoms with Crippen molar-refractivity contribution >= 4 is 0 Å². The smallest absolute Gasteiger partial charge is 0.0166 e. The predicted molar refractivity (Wildman–Crippen MR) is 78.7 cm³/mol. The van der Waals surface area contributed by atoms with E-state index in [1.165, 1.54) is 77.2 Å². The molecule has 2 rings (SSSR count). The van der Waals surface area contributed by atoms with E-state index in [1.807, 2.05) is 0 Å². The molecule has 0 aliphatic heterocycles. The fraction of sp³-hybridized carbons (Fsp3) is 1.00. The van der Waals surface area contributed by atoms with Gasteiger partial charge >= 0.3 is 0 Å². The number of hydrogen-bond acceptors (Lipinski definition) is 2. The van der Waals surface area contributed by atoms with Gasteiger partial charge in [0, 0.05) is 12.1 Å². The maximum atomic E-state index is 6.47. The van der Waals surface area contributed by atoms with E-state index < -0.39 is 0 Å². The van der Waals surface area contributed by atoms with Crippen LogP contribution in [-0.4, -0.2) is 18.6 Å². The number of nitrogens with one attached hydrogen (secondary N) is 1. The van der Waals surface area contributed by atoms with Gasteiger partial charge in [0.15, 0.2) is 0 Å². The second kappa shape index (κ2) is 6.38. The van der Waals surface area contributed by atoms with E-state index in [0.717, 1.165) is 6.54 Å². The van der Waals surface area contributed by atoms with Gasteiger partial charge in [0.25, 0.3) is 0 Å². The van der Waals surface area contributed by atoms with Crippen molar-refractivity contribution < 1.29 is 0 Å². The van der Waals surface area contributed by atoms with Crippen molar-refractivity contribution in [3.8, 4) is 0 Å². The van der Waals surface area contributed by atoms with Crippen molar-refractivity contribution in [1.29, 1.82) is 0 Å². The topological polar surface area (TPSA) is 38.0 Å². The molecule has 0 radical (unpaired) electrons. The molecule has 0 heterocycles. The third-order valence-electron chi connectivity index (χ3n) is 5.26. The first-order chi connectivity index (χ1) is 8.62. The molecule has 2 aliphatic carbocycles. The Morgan fingerprint density at radius 1 is 0.889 bits per heavy atom. The lowest BCUT2D eigenvalue weighted by molar-refractivity contribution is 0.202. The van der Waals surface area contributed by atoms with Crippen LogP contribution in [0.3, 0.4) is 0 Å². The Balaban J connectivity index is 1.63. The predicted octanol–water partition coefficient (Wildman–Crippen LogP) is 3.60. The van der Waals surface area contributed by atoms with Gasteiger partial charge in [-0.15, -0.1) is 0 Å². The molecule has 0 saturated heterocycles. The van der Waals surface area contributed by atoms with E-state index in [1.54, 1.807) is 0 Å². The van der Waals surface area contributed by atoms with Gasteiger partial charge in [-0.05, 0) is 44.1 Å². The first-order valence-corrected chi connectivity index (χ1v) is 8.12. The Morgan fingerprint density at radius 2 is 1.44 bits per heavy atom. The zero-order chi connectivity index (χ0) is 12.9. The van der Waals surface area contributed by atoms with Gasteiger partial charge in [0.05, 0.1) is 0 Å². The van der Waals surface area contributed by atoms with Crippen molar-refractivity contribution in [3.05, 3.63) is 0 Å². The fourth-order valence-electron chi connectivity index (χ4n) is 3.82. The molecule has 2 saturated carbocycles. The highest BCUT2D eigenvalue weighted by Gasteiger charge is 2.28. The van der Waals surface area contributed by atoms with Crippen LogP contribution in [0.2, 0.25) is 0 Å². The van der Waals surface area contributed by atoms with Gasteiger partial charge < -0.3 is 11.1 Å². The van der Waals surface area contributed by atoms with Crippen molar-refractivity contribution in [2.45, 2.75) is 83.1 Å². The molecule has 0 spiro atoms. The van der Waals surface area contributed by atoms with E-state index >= 15 is 0 Å². The number of hydrogen-bond donors (Lipinski definition) is 2. The molecule has 0 atom stereocenters. The molecule has 0 bridgehead atoms. The summed E-state index contributed by atoms with van der Waals surface area (Å²) in [7, 11) is 0. The highest BCUT2D eigenvalue weighted by molar-refractivity contribution is 4.88. The molecule has 0 aromatic carbocycles. The maximum absolute atomic E-state index is 6.47. The van der Waals surface area contributed by atoms with Crippen LogP contribution in [0, 0.1) is 5.41 Å².